The second-order valence-corrected chi connectivity index (χ2v) is 8.73. The Balaban J connectivity index is 1.50. The third kappa shape index (κ3) is 4.61. The number of anilines is 1. The number of rotatable bonds is 6. The lowest BCUT2D eigenvalue weighted by atomic mass is 10.0. The molecule has 0 saturated heterocycles. The first-order valence-corrected chi connectivity index (χ1v) is 11.4. The molecule has 176 valence electrons. The van der Waals surface area contributed by atoms with Gasteiger partial charge in [-0.3, -0.25) is 9.89 Å². The van der Waals surface area contributed by atoms with Crippen LogP contribution in [0.15, 0.2) is 66.7 Å². The number of carbonyl (C=O) groups excluding carboxylic acids is 1. The van der Waals surface area contributed by atoms with Gasteiger partial charge in [0.2, 0.25) is 0 Å². The van der Waals surface area contributed by atoms with Crippen molar-refractivity contribution in [2.45, 2.75) is 19.4 Å². The van der Waals surface area contributed by atoms with Gasteiger partial charge < -0.3 is 16.0 Å². The molecule has 5 aromatic rings. The quantitative estimate of drug-likeness (QED) is 0.258. The molecule has 35 heavy (non-hydrogen) atoms. The van der Waals surface area contributed by atoms with E-state index in [4.69, 9.17) is 22.3 Å². The average Bonchev–Trinajstić information content (AvgIpc) is 3.41. The SMILES string of the molecule is Cc1ccc(C(=O)NC(Cc2ccccc2)c2nc(-c3ccc4c(N)n[nH]c4c3)c(Cl)[nH]2)c(F)c1. The normalized spacial score (nSPS) is 12.1. The topological polar surface area (TPSA) is 112 Å². The molecule has 3 aromatic carbocycles. The zero-order valence-corrected chi connectivity index (χ0v) is 19.5. The number of aryl methyl sites for hydroxylation is 1. The molecule has 1 amide bonds. The van der Waals surface area contributed by atoms with Crippen molar-refractivity contribution in [1.29, 1.82) is 0 Å². The molecule has 2 heterocycles. The maximum Gasteiger partial charge on any atom is 0.254 e. The number of H-pyrrole nitrogens is 2. The van der Waals surface area contributed by atoms with Gasteiger partial charge >= 0.3 is 0 Å². The summed E-state index contributed by atoms with van der Waals surface area (Å²) in [5, 5.41) is 10.9. The Morgan fingerprint density at radius 3 is 2.71 bits per heavy atom. The molecule has 0 bridgehead atoms. The summed E-state index contributed by atoms with van der Waals surface area (Å²) in [5.74, 6) is -0.244. The van der Waals surface area contributed by atoms with E-state index >= 15 is 0 Å². The average molecular weight is 489 g/mol. The number of fused-ring (bicyclic) bond motifs is 1. The third-order valence-electron chi connectivity index (χ3n) is 5.83. The molecule has 0 fully saturated rings. The summed E-state index contributed by atoms with van der Waals surface area (Å²) in [6.45, 7) is 1.77. The van der Waals surface area contributed by atoms with Crippen LogP contribution in [0.1, 0.15) is 33.4 Å². The second kappa shape index (κ2) is 9.23. The molecule has 0 saturated carbocycles. The Morgan fingerprint density at radius 1 is 1.14 bits per heavy atom. The van der Waals surface area contributed by atoms with Crippen molar-refractivity contribution in [1.82, 2.24) is 25.5 Å². The van der Waals surface area contributed by atoms with Gasteiger partial charge in [0.1, 0.15) is 22.5 Å². The van der Waals surface area contributed by atoms with E-state index in [0.717, 1.165) is 27.6 Å². The summed E-state index contributed by atoms with van der Waals surface area (Å²) in [5.41, 5.74) is 9.57. The fraction of sp³-hybridized carbons (Fsp3) is 0.115. The van der Waals surface area contributed by atoms with Crippen molar-refractivity contribution in [3.63, 3.8) is 0 Å². The number of nitrogens with zero attached hydrogens (tertiary/aromatic N) is 2. The molecule has 0 aliphatic carbocycles. The monoisotopic (exact) mass is 488 g/mol. The summed E-state index contributed by atoms with van der Waals surface area (Å²) in [6.07, 6.45) is 0.430. The molecule has 0 radical (unpaired) electrons. The summed E-state index contributed by atoms with van der Waals surface area (Å²) >= 11 is 6.54. The van der Waals surface area contributed by atoms with Gasteiger partial charge in [-0.05, 0) is 48.7 Å². The first-order valence-electron chi connectivity index (χ1n) is 11.0. The number of aromatic amines is 2. The van der Waals surface area contributed by atoms with Crippen LogP contribution in [0, 0.1) is 12.7 Å². The third-order valence-corrected chi connectivity index (χ3v) is 6.10. The van der Waals surface area contributed by atoms with E-state index in [0.29, 0.717) is 28.9 Å². The minimum Gasteiger partial charge on any atom is -0.382 e. The number of benzene rings is 3. The lowest BCUT2D eigenvalue weighted by Crippen LogP contribution is -2.31. The van der Waals surface area contributed by atoms with E-state index < -0.39 is 17.8 Å². The predicted octanol–water partition coefficient (Wildman–Crippen LogP) is 5.35. The van der Waals surface area contributed by atoms with Gasteiger partial charge in [-0.1, -0.05) is 54.1 Å². The standard InChI is InChI=1S/C26H22ClFN6O/c1-14-7-9-17(19(28)11-14)26(35)30-21(12-15-5-3-2-4-6-15)25-31-22(23(27)32-25)16-8-10-18-20(13-16)33-34-24(18)29/h2-11,13,21H,12H2,1H3,(H,30,35)(H,31,32)(H3,29,33,34). The number of halogens is 2. The van der Waals surface area contributed by atoms with Crippen LogP contribution in [0.25, 0.3) is 22.2 Å². The van der Waals surface area contributed by atoms with E-state index in [2.05, 4.69) is 20.5 Å². The fourth-order valence-corrected chi connectivity index (χ4v) is 4.27. The molecule has 2 aromatic heterocycles. The first kappa shape index (κ1) is 22.6. The molecular formula is C26H22ClFN6O. The van der Waals surface area contributed by atoms with E-state index in [-0.39, 0.29) is 5.56 Å². The molecule has 1 atom stereocenters. The summed E-state index contributed by atoms with van der Waals surface area (Å²) in [4.78, 5) is 20.8. The van der Waals surface area contributed by atoms with Crippen LogP contribution >= 0.6 is 11.6 Å². The molecule has 5 N–H and O–H groups in total. The van der Waals surface area contributed by atoms with Gasteiger partial charge in [0.25, 0.3) is 5.91 Å². The predicted molar refractivity (Wildman–Crippen MR) is 135 cm³/mol. The maximum absolute atomic E-state index is 14.5. The zero-order chi connectivity index (χ0) is 24.5. The minimum atomic E-state index is -0.580. The van der Waals surface area contributed by atoms with Crippen molar-refractivity contribution in [2.24, 2.45) is 0 Å². The highest BCUT2D eigenvalue weighted by molar-refractivity contribution is 6.32. The van der Waals surface area contributed by atoms with Crippen molar-refractivity contribution in [3.8, 4) is 11.3 Å². The Morgan fingerprint density at radius 2 is 1.94 bits per heavy atom. The fourth-order valence-electron chi connectivity index (χ4n) is 4.02. The highest BCUT2D eigenvalue weighted by Gasteiger charge is 2.23. The van der Waals surface area contributed by atoms with Gasteiger partial charge in [-0.2, -0.15) is 5.10 Å². The Bertz CT molecular complexity index is 1530. The van der Waals surface area contributed by atoms with Crippen LogP contribution in [0.5, 0.6) is 0 Å². The van der Waals surface area contributed by atoms with Crippen LogP contribution < -0.4 is 11.1 Å². The summed E-state index contributed by atoms with van der Waals surface area (Å²) in [7, 11) is 0. The number of nitrogens with two attached hydrogens (primary N) is 1. The number of carbonyl (C=O) groups is 1. The highest BCUT2D eigenvalue weighted by Crippen LogP contribution is 2.31. The number of imidazole rings is 1. The number of hydrogen-bond acceptors (Lipinski definition) is 4. The maximum atomic E-state index is 14.5. The van der Waals surface area contributed by atoms with Crippen LogP contribution in [-0.2, 0) is 6.42 Å². The van der Waals surface area contributed by atoms with E-state index in [1.54, 1.807) is 13.0 Å². The minimum absolute atomic E-state index is 0.0335. The second-order valence-electron chi connectivity index (χ2n) is 8.35. The van der Waals surface area contributed by atoms with Crippen molar-refractivity contribution in [2.75, 3.05) is 5.73 Å². The van der Waals surface area contributed by atoms with Gasteiger partial charge in [0.15, 0.2) is 5.82 Å². The van der Waals surface area contributed by atoms with Crippen LogP contribution in [0.3, 0.4) is 0 Å². The van der Waals surface area contributed by atoms with Crippen molar-refractivity contribution < 1.29 is 9.18 Å². The molecule has 7 nitrogen and oxygen atoms in total. The van der Waals surface area contributed by atoms with Gasteiger partial charge in [-0.15, -0.1) is 0 Å². The molecule has 0 aliphatic heterocycles. The van der Waals surface area contributed by atoms with Crippen molar-refractivity contribution >= 4 is 34.2 Å². The Labute approximate surface area is 205 Å². The lowest BCUT2D eigenvalue weighted by molar-refractivity contribution is 0.0930. The van der Waals surface area contributed by atoms with Gasteiger partial charge in [0.05, 0.1) is 17.1 Å². The van der Waals surface area contributed by atoms with E-state index in [1.807, 2.05) is 48.5 Å². The molecule has 1 unspecified atom stereocenters. The number of aromatic nitrogens is 4. The Kier molecular flexibility index (Phi) is 5.96. The van der Waals surface area contributed by atoms with Gasteiger partial charge in [0, 0.05) is 10.9 Å². The number of hydrogen-bond donors (Lipinski definition) is 4. The highest BCUT2D eigenvalue weighted by atomic mass is 35.5. The number of nitrogen functional groups attached to an aromatic ring is 1. The van der Waals surface area contributed by atoms with E-state index in [1.165, 1.54) is 12.1 Å². The van der Waals surface area contributed by atoms with Crippen LogP contribution in [0.2, 0.25) is 5.15 Å². The molecule has 9 heteroatoms. The first-order chi connectivity index (χ1) is 16.9. The van der Waals surface area contributed by atoms with E-state index in [9.17, 15) is 9.18 Å². The molecule has 5 rings (SSSR count). The number of nitrogens with one attached hydrogen (secondary N) is 3. The van der Waals surface area contributed by atoms with Crippen molar-refractivity contribution in [3.05, 3.63) is 100 Å². The summed E-state index contributed by atoms with van der Waals surface area (Å²) < 4.78 is 14.5. The van der Waals surface area contributed by atoms with Gasteiger partial charge in [-0.25, -0.2) is 9.37 Å². The zero-order valence-electron chi connectivity index (χ0n) is 18.8. The largest absolute Gasteiger partial charge is 0.382 e. The Hall–Kier alpha value is -4.17. The lowest BCUT2D eigenvalue weighted by Gasteiger charge is -2.17. The van der Waals surface area contributed by atoms with Crippen LogP contribution in [0.4, 0.5) is 10.2 Å². The molecule has 0 aliphatic rings. The summed E-state index contributed by atoms with van der Waals surface area (Å²) in [6, 6.07) is 19.1. The molecular weight excluding hydrogens is 467 g/mol. The molecule has 0 spiro atoms. The van der Waals surface area contributed by atoms with Crippen LogP contribution in [-0.4, -0.2) is 26.1 Å². The smallest absolute Gasteiger partial charge is 0.254 e. The number of amides is 1.